The van der Waals surface area contributed by atoms with Gasteiger partial charge in [-0.05, 0) is 0 Å². The van der Waals surface area contributed by atoms with Crippen LogP contribution in [0.15, 0.2) is 9.59 Å². The summed E-state index contributed by atoms with van der Waals surface area (Å²) in [5, 5.41) is 0.216. The summed E-state index contributed by atoms with van der Waals surface area (Å²) in [6, 6.07) is 0. The lowest BCUT2D eigenvalue weighted by Gasteiger charge is -2.19. The number of rotatable bonds is 3. The molecule has 2 aromatic rings. The second kappa shape index (κ2) is 5.53. The molecular formula is C13H18N4O3S. The summed E-state index contributed by atoms with van der Waals surface area (Å²) < 4.78 is 6.59. The molecule has 7 nitrogen and oxygen atoms in total. The molecule has 2 rings (SSSR count). The molecule has 0 saturated heterocycles. The Hall–Kier alpha value is -1.80. The predicted molar refractivity (Wildman–Crippen MR) is 82.4 cm³/mol. The molecule has 114 valence electrons. The Morgan fingerprint density at radius 1 is 1.29 bits per heavy atom. The Bertz CT molecular complexity index is 842. The Morgan fingerprint density at radius 2 is 1.95 bits per heavy atom. The highest BCUT2D eigenvalue weighted by Gasteiger charge is 2.19. The monoisotopic (exact) mass is 310 g/mol. The zero-order valence-electron chi connectivity index (χ0n) is 12.4. The lowest BCUT2D eigenvalue weighted by Crippen LogP contribution is -2.33. The van der Waals surface area contributed by atoms with E-state index in [4.69, 9.17) is 17.0 Å². The molecule has 2 aromatic heterocycles. The summed E-state index contributed by atoms with van der Waals surface area (Å²) in [4.78, 5) is 33.6. The van der Waals surface area contributed by atoms with Gasteiger partial charge in [0.25, 0.3) is 5.56 Å². The number of nitrogens with zero attached hydrogens (tertiary/aromatic N) is 2. The molecule has 0 saturated carbocycles. The number of H-pyrrole nitrogens is 2. The fraction of sp³-hybridized carbons (Fsp3) is 0.538. The van der Waals surface area contributed by atoms with Crippen molar-refractivity contribution in [1.29, 1.82) is 0 Å². The van der Waals surface area contributed by atoms with Gasteiger partial charge in [0.05, 0.1) is 13.2 Å². The highest BCUT2D eigenvalue weighted by atomic mass is 32.1. The summed E-state index contributed by atoms with van der Waals surface area (Å²) in [7, 11) is 1.54. The van der Waals surface area contributed by atoms with E-state index >= 15 is 0 Å². The summed E-state index contributed by atoms with van der Waals surface area (Å²) in [6.45, 7) is 6.56. The second-order valence-electron chi connectivity index (χ2n) is 5.77. The minimum Gasteiger partial charge on any atom is -0.383 e. The molecule has 0 fully saturated rings. The largest absolute Gasteiger partial charge is 0.383 e. The molecule has 0 spiro atoms. The van der Waals surface area contributed by atoms with Crippen LogP contribution in [0.25, 0.3) is 11.0 Å². The molecule has 0 aliphatic heterocycles. The molecule has 21 heavy (non-hydrogen) atoms. The van der Waals surface area contributed by atoms with Crippen molar-refractivity contribution >= 4 is 23.3 Å². The van der Waals surface area contributed by atoms with Crippen molar-refractivity contribution in [2.75, 3.05) is 13.7 Å². The van der Waals surface area contributed by atoms with E-state index in [9.17, 15) is 9.59 Å². The van der Waals surface area contributed by atoms with Crippen LogP contribution in [0.4, 0.5) is 0 Å². The van der Waals surface area contributed by atoms with E-state index in [1.54, 1.807) is 7.11 Å². The first-order valence-corrected chi connectivity index (χ1v) is 6.93. The number of hydrogen-bond donors (Lipinski definition) is 2. The van der Waals surface area contributed by atoms with E-state index in [1.165, 1.54) is 4.57 Å². The van der Waals surface area contributed by atoms with Crippen LogP contribution in [0.1, 0.15) is 26.6 Å². The molecule has 0 aliphatic rings. The zero-order chi connectivity index (χ0) is 15.8. The smallest absolute Gasteiger partial charge is 0.330 e. The van der Waals surface area contributed by atoms with Crippen LogP contribution in [-0.2, 0) is 16.7 Å². The molecule has 8 heteroatoms. The van der Waals surface area contributed by atoms with Crippen molar-refractivity contribution in [2.45, 2.75) is 32.7 Å². The van der Waals surface area contributed by atoms with Gasteiger partial charge in [-0.1, -0.05) is 33.0 Å². The summed E-state index contributed by atoms with van der Waals surface area (Å²) in [5.41, 5.74) is -0.934. The third-order valence-corrected chi connectivity index (χ3v) is 3.39. The summed E-state index contributed by atoms with van der Waals surface area (Å²) in [5.74, 6) is 0.621. The van der Waals surface area contributed by atoms with Crippen LogP contribution in [0.2, 0.25) is 0 Å². The third kappa shape index (κ3) is 2.96. The third-order valence-electron chi connectivity index (χ3n) is 3.09. The van der Waals surface area contributed by atoms with Crippen molar-refractivity contribution in [2.24, 2.45) is 0 Å². The number of aromatic amines is 2. The van der Waals surface area contributed by atoms with E-state index < -0.39 is 11.2 Å². The van der Waals surface area contributed by atoms with Gasteiger partial charge in [0, 0.05) is 12.5 Å². The van der Waals surface area contributed by atoms with Crippen molar-refractivity contribution in [3.63, 3.8) is 0 Å². The molecule has 2 heterocycles. The normalized spacial score (nSPS) is 12.0. The van der Waals surface area contributed by atoms with Gasteiger partial charge >= 0.3 is 5.69 Å². The van der Waals surface area contributed by atoms with Crippen LogP contribution >= 0.6 is 12.2 Å². The SMILES string of the molecule is COCCn1c(=O)[nH]c(=O)c2c(=S)nc(C(C)(C)C)[nH]c21. The lowest BCUT2D eigenvalue weighted by atomic mass is 9.96. The molecule has 0 radical (unpaired) electrons. The van der Waals surface area contributed by atoms with Crippen LogP contribution in [0.3, 0.4) is 0 Å². The maximum absolute atomic E-state index is 12.0. The Labute approximate surface area is 126 Å². The molecule has 0 unspecified atom stereocenters. The summed E-state index contributed by atoms with van der Waals surface area (Å²) >= 11 is 5.22. The molecule has 2 N–H and O–H groups in total. The number of fused-ring (bicyclic) bond motifs is 1. The van der Waals surface area contributed by atoms with Gasteiger partial charge in [-0.3, -0.25) is 14.3 Å². The van der Waals surface area contributed by atoms with Gasteiger partial charge in [-0.2, -0.15) is 0 Å². The van der Waals surface area contributed by atoms with E-state index in [0.29, 0.717) is 24.6 Å². The van der Waals surface area contributed by atoms with E-state index in [2.05, 4.69) is 15.0 Å². The molecule has 0 aromatic carbocycles. The number of methoxy groups -OCH3 is 1. The minimum atomic E-state index is -0.530. The highest BCUT2D eigenvalue weighted by molar-refractivity contribution is 7.71. The van der Waals surface area contributed by atoms with Crippen LogP contribution in [-0.4, -0.2) is 33.2 Å². The van der Waals surface area contributed by atoms with Crippen molar-refractivity contribution in [3.8, 4) is 0 Å². The Balaban J connectivity index is 2.90. The molecule has 0 bridgehead atoms. The van der Waals surface area contributed by atoms with Gasteiger partial charge < -0.3 is 9.72 Å². The molecule has 0 atom stereocenters. The second-order valence-corrected chi connectivity index (χ2v) is 6.15. The lowest BCUT2D eigenvalue weighted by molar-refractivity contribution is 0.187. The van der Waals surface area contributed by atoms with Crippen LogP contribution < -0.4 is 11.2 Å². The Morgan fingerprint density at radius 3 is 2.52 bits per heavy atom. The van der Waals surface area contributed by atoms with E-state index in [1.807, 2.05) is 20.8 Å². The fourth-order valence-electron chi connectivity index (χ4n) is 1.95. The van der Waals surface area contributed by atoms with Gasteiger partial charge in [0.15, 0.2) is 0 Å². The first-order chi connectivity index (χ1) is 9.75. The number of aromatic nitrogens is 4. The van der Waals surface area contributed by atoms with Gasteiger partial charge in [0.1, 0.15) is 21.5 Å². The minimum absolute atomic E-state index is 0.182. The van der Waals surface area contributed by atoms with Crippen LogP contribution in [0, 0.1) is 4.64 Å². The maximum Gasteiger partial charge on any atom is 0.330 e. The highest BCUT2D eigenvalue weighted by Crippen LogP contribution is 2.19. The average Bonchev–Trinajstić information content (AvgIpc) is 2.36. The number of ether oxygens (including phenoxy) is 1. The van der Waals surface area contributed by atoms with Crippen LogP contribution in [0.5, 0.6) is 0 Å². The molecular weight excluding hydrogens is 292 g/mol. The average molecular weight is 310 g/mol. The molecule has 0 aliphatic carbocycles. The number of nitrogens with one attached hydrogen (secondary N) is 2. The Kier molecular flexibility index (Phi) is 4.11. The first kappa shape index (κ1) is 15.6. The van der Waals surface area contributed by atoms with Crippen molar-refractivity contribution in [3.05, 3.63) is 31.3 Å². The summed E-state index contributed by atoms with van der Waals surface area (Å²) in [6.07, 6.45) is 0. The quantitative estimate of drug-likeness (QED) is 0.828. The molecule has 0 amide bonds. The topological polar surface area (TPSA) is 92.8 Å². The number of hydrogen-bond acceptors (Lipinski definition) is 5. The van der Waals surface area contributed by atoms with E-state index in [0.717, 1.165) is 0 Å². The first-order valence-electron chi connectivity index (χ1n) is 6.52. The fourth-order valence-corrected chi connectivity index (χ4v) is 2.23. The standard InChI is InChI=1S/C13H18N4O3S/c1-13(2,3)11-14-8-7(10(21)16-11)9(18)15-12(19)17(8)5-6-20-4/h5-6H2,1-4H3,(H,14,16,21)(H,15,18,19). The van der Waals surface area contributed by atoms with Gasteiger partial charge in [-0.25, -0.2) is 9.78 Å². The van der Waals surface area contributed by atoms with E-state index in [-0.39, 0.29) is 15.4 Å². The van der Waals surface area contributed by atoms with Gasteiger partial charge in [-0.15, -0.1) is 0 Å². The zero-order valence-corrected chi connectivity index (χ0v) is 13.3. The van der Waals surface area contributed by atoms with Gasteiger partial charge in [0.2, 0.25) is 0 Å². The van der Waals surface area contributed by atoms with Crippen molar-refractivity contribution < 1.29 is 4.74 Å². The maximum atomic E-state index is 12.0. The predicted octanol–water partition coefficient (Wildman–Crippen LogP) is 1.09. The van der Waals surface area contributed by atoms with Crippen molar-refractivity contribution in [1.82, 2.24) is 19.5 Å².